The van der Waals surface area contributed by atoms with E-state index in [1.54, 1.807) is 5.57 Å². The van der Waals surface area contributed by atoms with Crippen LogP contribution in [0.4, 0.5) is 0 Å². The summed E-state index contributed by atoms with van der Waals surface area (Å²) in [6, 6.07) is 0. The van der Waals surface area contributed by atoms with Gasteiger partial charge in [0.05, 0.1) is 0 Å². The topological polar surface area (TPSA) is 12.0 Å². The summed E-state index contributed by atoms with van der Waals surface area (Å²) in [5.74, 6) is 0.588. The highest BCUT2D eigenvalue weighted by Gasteiger charge is 2.32. The zero-order valence-corrected chi connectivity index (χ0v) is 14.6. The van der Waals surface area contributed by atoms with E-state index in [9.17, 15) is 0 Å². The molecule has 1 N–H and O–H groups in total. The van der Waals surface area contributed by atoms with Crippen LogP contribution >= 0.6 is 0 Å². The molecule has 0 fully saturated rings. The van der Waals surface area contributed by atoms with Crippen molar-refractivity contribution in [3.05, 3.63) is 35.5 Å². The first-order valence-electron chi connectivity index (χ1n) is 7.85. The summed E-state index contributed by atoms with van der Waals surface area (Å²) in [5, 5.41) is 3.49. The van der Waals surface area contributed by atoms with Crippen molar-refractivity contribution in [3.8, 4) is 0 Å². The molecule has 1 unspecified atom stereocenters. The van der Waals surface area contributed by atoms with Crippen molar-refractivity contribution in [2.24, 2.45) is 11.3 Å². The molecule has 1 nitrogen and oxygen atoms in total. The Balaban J connectivity index is 3.04. The molecule has 1 rings (SSSR count). The number of rotatable bonds is 4. The molecule has 1 aliphatic carbocycles. The Morgan fingerprint density at radius 2 is 1.85 bits per heavy atom. The minimum atomic E-state index is 0.143. The second-order valence-corrected chi connectivity index (χ2v) is 7.76. The molecule has 1 atom stereocenters. The molecule has 0 heterocycles. The van der Waals surface area contributed by atoms with Gasteiger partial charge in [-0.15, -0.1) is 0 Å². The smallest absolute Gasteiger partial charge is 0.0190 e. The molecule has 1 heteroatoms. The summed E-state index contributed by atoms with van der Waals surface area (Å²) in [7, 11) is 2.07. The van der Waals surface area contributed by atoms with E-state index >= 15 is 0 Å². The highest BCUT2D eigenvalue weighted by Crippen LogP contribution is 2.38. The summed E-state index contributed by atoms with van der Waals surface area (Å²) >= 11 is 0. The first-order valence-corrected chi connectivity index (χ1v) is 7.85. The van der Waals surface area contributed by atoms with Crippen molar-refractivity contribution in [1.29, 1.82) is 0 Å². The van der Waals surface area contributed by atoms with E-state index in [1.165, 1.54) is 30.4 Å². The van der Waals surface area contributed by atoms with E-state index in [1.807, 2.05) is 0 Å². The van der Waals surface area contributed by atoms with Gasteiger partial charge >= 0.3 is 0 Å². The number of hydrogen-bond donors (Lipinski definition) is 1. The fourth-order valence-electron chi connectivity index (χ4n) is 2.79. The second kappa shape index (κ2) is 6.30. The molecule has 20 heavy (non-hydrogen) atoms. The Kier molecular flexibility index (Phi) is 5.43. The highest BCUT2D eigenvalue weighted by atomic mass is 14.9. The molecule has 0 amide bonds. The van der Waals surface area contributed by atoms with E-state index < -0.39 is 0 Å². The first-order chi connectivity index (χ1) is 9.09. The number of allylic oxidation sites excluding steroid dienone is 4. The molecule has 114 valence electrons. The van der Waals surface area contributed by atoms with Gasteiger partial charge in [0, 0.05) is 11.5 Å². The summed E-state index contributed by atoms with van der Waals surface area (Å²) in [6.45, 7) is 17.8. The average molecular weight is 275 g/mol. The van der Waals surface area contributed by atoms with Crippen molar-refractivity contribution in [1.82, 2.24) is 5.32 Å². The average Bonchev–Trinajstić information content (AvgIpc) is 2.35. The second-order valence-electron chi connectivity index (χ2n) is 7.76. The van der Waals surface area contributed by atoms with Gasteiger partial charge in [-0.3, -0.25) is 0 Å². The third-order valence-corrected chi connectivity index (χ3v) is 4.86. The van der Waals surface area contributed by atoms with E-state index in [4.69, 9.17) is 0 Å². The Bertz CT molecular complexity index is 416. The van der Waals surface area contributed by atoms with Gasteiger partial charge in [-0.2, -0.15) is 0 Å². The molecular formula is C19H33N. The van der Waals surface area contributed by atoms with E-state index in [2.05, 4.69) is 72.6 Å². The van der Waals surface area contributed by atoms with Gasteiger partial charge in [0.1, 0.15) is 0 Å². The summed E-state index contributed by atoms with van der Waals surface area (Å²) in [5.41, 5.74) is 4.55. The van der Waals surface area contributed by atoms with Crippen LogP contribution in [0.2, 0.25) is 0 Å². The minimum Gasteiger partial charge on any atom is -0.314 e. The minimum absolute atomic E-state index is 0.143. The van der Waals surface area contributed by atoms with Crippen LogP contribution < -0.4 is 5.32 Å². The van der Waals surface area contributed by atoms with Gasteiger partial charge in [-0.05, 0) is 63.6 Å². The van der Waals surface area contributed by atoms with Crippen LogP contribution in [0.15, 0.2) is 35.5 Å². The van der Waals surface area contributed by atoms with Gasteiger partial charge in [0.25, 0.3) is 0 Å². The number of hydrogen-bond acceptors (Lipinski definition) is 1. The van der Waals surface area contributed by atoms with Crippen LogP contribution in [-0.2, 0) is 0 Å². The fraction of sp³-hybridized carbons (Fsp3) is 0.684. The zero-order valence-electron chi connectivity index (χ0n) is 14.6. The molecule has 0 spiro atoms. The lowest BCUT2D eigenvalue weighted by atomic mass is 9.72. The van der Waals surface area contributed by atoms with E-state index in [0.717, 1.165) is 0 Å². The van der Waals surface area contributed by atoms with Crippen molar-refractivity contribution in [3.63, 3.8) is 0 Å². The quantitative estimate of drug-likeness (QED) is 0.690. The normalized spacial score (nSPS) is 21.6. The summed E-state index contributed by atoms with van der Waals surface area (Å²) in [4.78, 5) is 0. The van der Waals surface area contributed by atoms with Gasteiger partial charge in [-0.1, -0.05) is 45.1 Å². The van der Waals surface area contributed by atoms with E-state index in [-0.39, 0.29) is 11.0 Å². The zero-order chi connectivity index (χ0) is 15.6. The lowest BCUT2D eigenvalue weighted by molar-refractivity contribution is 0.279. The van der Waals surface area contributed by atoms with Crippen molar-refractivity contribution in [2.75, 3.05) is 7.05 Å². The van der Waals surface area contributed by atoms with Gasteiger partial charge in [-0.25, -0.2) is 0 Å². The first kappa shape index (κ1) is 17.2. The van der Waals surface area contributed by atoms with Crippen LogP contribution in [-0.4, -0.2) is 12.6 Å². The van der Waals surface area contributed by atoms with Gasteiger partial charge in [0.2, 0.25) is 0 Å². The molecular weight excluding hydrogens is 242 g/mol. The molecule has 0 aromatic heterocycles. The van der Waals surface area contributed by atoms with Crippen molar-refractivity contribution >= 4 is 0 Å². The molecule has 0 saturated carbocycles. The molecule has 0 aliphatic heterocycles. The van der Waals surface area contributed by atoms with Gasteiger partial charge < -0.3 is 5.32 Å². The fourth-order valence-corrected chi connectivity index (χ4v) is 2.79. The third-order valence-electron chi connectivity index (χ3n) is 4.86. The molecule has 0 aromatic rings. The highest BCUT2D eigenvalue weighted by molar-refractivity contribution is 5.36. The molecule has 1 aliphatic rings. The van der Waals surface area contributed by atoms with Crippen molar-refractivity contribution < 1.29 is 0 Å². The van der Waals surface area contributed by atoms with Gasteiger partial charge in [0.15, 0.2) is 0 Å². The predicted molar refractivity (Wildman–Crippen MR) is 90.9 cm³/mol. The molecule has 0 aromatic carbocycles. The molecule has 0 saturated heterocycles. The van der Waals surface area contributed by atoms with E-state index in [0.29, 0.717) is 5.92 Å². The number of nitrogens with one attached hydrogen (secondary N) is 1. The van der Waals surface area contributed by atoms with Crippen LogP contribution in [0.3, 0.4) is 0 Å². The maximum atomic E-state index is 4.22. The maximum Gasteiger partial charge on any atom is 0.0190 e. The summed E-state index contributed by atoms with van der Waals surface area (Å²) in [6.07, 6.45) is 8.36. The van der Waals surface area contributed by atoms with Crippen molar-refractivity contribution in [2.45, 2.75) is 66.3 Å². The predicted octanol–water partition coefficient (Wildman–Crippen LogP) is 5.26. The van der Waals surface area contributed by atoms with Crippen LogP contribution in [0.25, 0.3) is 0 Å². The van der Waals surface area contributed by atoms with Crippen LogP contribution in [0.5, 0.6) is 0 Å². The SMILES string of the molecule is C=C(/C=C\C1=C(C)CCCC1C(C)(C)NC)C(C)(C)C. The summed E-state index contributed by atoms with van der Waals surface area (Å²) < 4.78 is 0. The standard InChI is InChI=1S/C19H33N/c1-14-10-9-11-17(19(6,7)20-8)16(14)13-12-15(2)18(3,4)5/h12-13,17,20H,2,9-11H2,1,3-8H3/b13-12-. The van der Waals surface area contributed by atoms with Crippen LogP contribution in [0.1, 0.15) is 60.8 Å². The molecule has 0 bridgehead atoms. The Labute approximate surface area is 126 Å². The maximum absolute atomic E-state index is 4.22. The third kappa shape index (κ3) is 4.09. The Morgan fingerprint density at radius 1 is 1.25 bits per heavy atom. The molecule has 0 radical (unpaired) electrons. The monoisotopic (exact) mass is 275 g/mol. The lowest BCUT2D eigenvalue weighted by Crippen LogP contribution is -2.45. The Morgan fingerprint density at radius 3 is 2.35 bits per heavy atom. The largest absolute Gasteiger partial charge is 0.314 e. The lowest BCUT2D eigenvalue weighted by Gasteiger charge is -2.39. The Hall–Kier alpha value is -0.820. The van der Waals surface area contributed by atoms with Crippen LogP contribution in [0, 0.1) is 11.3 Å².